The van der Waals surface area contributed by atoms with Crippen LogP contribution in [-0.2, 0) is 4.79 Å². The van der Waals surface area contributed by atoms with Crippen LogP contribution in [0.15, 0.2) is 54.6 Å². The van der Waals surface area contributed by atoms with Crippen molar-refractivity contribution in [2.75, 3.05) is 13.1 Å². The number of aromatic nitrogens is 1. The van der Waals surface area contributed by atoms with E-state index in [-0.39, 0.29) is 29.8 Å². The lowest BCUT2D eigenvalue weighted by molar-refractivity contribution is -0.138. The minimum Gasteiger partial charge on any atom is -0.351 e. The van der Waals surface area contributed by atoms with Gasteiger partial charge in [0.2, 0.25) is 5.91 Å². The Labute approximate surface area is 205 Å². The van der Waals surface area contributed by atoms with E-state index in [0.717, 1.165) is 22.9 Å². The maximum atomic E-state index is 13.7. The molecule has 0 unspecified atom stereocenters. The Morgan fingerprint density at radius 1 is 0.971 bits per heavy atom. The molecule has 3 heterocycles. The van der Waals surface area contributed by atoms with Crippen LogP contribution < -0.4 is 5.32 Å². The number of piperazine rings is 1. The van der Waals surface area contributed by atoms with Crippen LogP contribution in [0.5, 0.6) is 0 Å². The number of carbonyl (C=O) groups excluding carboxylic acids is 3. The lowest BCUT2D eigenvalue weighted by Crippen LogP contribution is -2.59. The molecule has 5 rings (SSSR count). The maximum absolute atomic E-state index is 13.7. The Balaban J connectivity index is 1.29. The maximum Gasteiger partial charge on any atom is 0.268 e. The van der Waals surface area contributed by atoms with Crippen molar-refractivity contribution in [1.82, 2.24) is 20.1 Å². The number of fused-ring (bicyclic) bond motifs is 3. The first-order valence-corrected chi connectivity index (χ1v) is 12.2. The molecule has 2 aliphatic heterocycles. The van der Waals surface area contributed by atoms with E-state index in [1.165, 1.54) is 0 Å². The van der Waals surface area contributed by atoms with Crippen molar-refractivity contribution in [3.63, 3.8) is 0 Å². The minimum absolute atomic E-state index is 0.00257. The molecule has 7 nitrogen and oxygen atoms in total. The van der Waals surface area contributed by atoms with Crippen molar-refractivity contribution < 1.29 is 14.4 Å². The van der Waals surface area contributed by atoms with E-state index in [1.54, 1.807) is 6.07 Å². The normalized spacial score (nSPS) is 20.3. The van der Waals surface area contributed by atoms with Gasteiger partial charge in [0.1, 0.15) is 11.7 Å². The number of carbonyl (C=O) groups is 3. The molecule has 35 heavy (non-hydrogen) atoms. The number of rotatable bonds is 4. The molecule has 2 N–H and O–H groups in total. The zero-order valence-electron chi connectivity index (χ0n) is 20.7. The molecule has 3 atom stereocenters. The van der Waals surface area contributed by atoms with E-state index in [1.807, 2.05) is 86.0 Å². The van der Waals surface area contributed by atoms with Crippen LogP contribution in [0.4, 0.5) is 0 Å². The van der Waals surface area contributed by atoms with Crippen molar-refractivity contribution in [2.24, 2.45) is 5.41 Å². The molecule has 3 aromatic rings. The van der Waals surface area contributed by atoms with Gasteiger partial charge in [-0.3, -0.25) is 14.4 Å². The summed E-state index contributed by atoms with van der Waals surface area (Å²) in [5.41, 5.74) is 2.64. The molecule has 2 aromatic carbocycles. The van der Waals surface area contributed by atoms with Crippen molar-refractivity contribution >= 4 is 28.6 Å². The van der Waals surface area contributed by atoms with E-state index in [2.05, 4.69) is 10.3 Å². The third-order valence-electron chi connectivity index (χ3n) is 7.25. The Kier molecular flexibility index (Phi) is 5.66. The molecule has 1 aromatic heterocycles. The highest BCUT2D eigenvalue weighted by Crippen LogP contribution is 2.34. The molecule has 0 radical (unpaired) electrons. The quantitative estimate of drug-likeness (QED) is 0.607. The number of nitrogens with zero attached hydrogens (tertiary/aromatic N) is 2. The zero-order valence-corrected chi connectivity index (χ0v) is 20.7. The number of para-hydroxylation sites is 1. The summed E-state index contributed by atoms with van der Waals surface area (Å²) >= 11 is 0. The summed E-state index contributed by atoms with van der Waals surface area (Å²) in [7, 11) is 0. The molecular weight excluding hydrogens is 440 g/mol. The van der Waals surface area contributed by atoms with E-state index in [9.17, 15) is 14.4 Å². The van der Waals surface area contributed by atoms with Crippen LogP contribution in [-0.4, -0.2) is 63.7 Å². The van der Waals surface area contributed by atoms with Gasteiger partial charge in [0.05, 0.1) is 12.1 Å². The fraction of sp³-hybridized carbons (Fsp3) is 0.393. The van der Waals surface area contributed by atoms with Crippen LogP contribution in [0.25, 0.3) is 10.9 Å². The molecule has 2 aliphatic rings. The predicted molar refractivity (Wildman–Crippen MR) is 135 cm³/mol. The van der Waals surface area contributed by atoms with Crippen molar-refractivity contribution in [3.05, 3.63) is 71.4 Å². The number of hydrogen-bond acceptors (Lipinski definition) is 3. The van der Waals surface area contributed by atoms with Crippen molar-refractivity contribution in [3.8, 4) is 0 Å². The molecule has 0 aliphatic carbocycles. The third-order valence-corrected chi connectivity index (χ3v) is 7.25. The second kappa shape index (κ2) is 8.56. The highest BCUT2D eigenvalue weighted by molar-refractivity contribution is 6.00. The van der Waals surface area contributed by atoms with Gasteiger partial charge < -0.3 is 20.1 Å². The number of nitrogens with one attached hydrogen (secondary N) is 2. The first-order chi connectivity index (χ1) is 16.6. The summed E-state index contributed by atoms with van der Waals surface area (Å²) in [5.74, 6) is -0.365. The summed E-state index contributed by atoms with van der Waals surface area (Å²) in [4.78, 5) is 46.8. The standard InChI is InChI=1S/C28H32N4O3/c1-17-9-11-18(12-10-17)26(34)31-15-21-14-20(31)16-32(21)27(35)24(28(2,3)4)30-25(33)23-13-19-7-5-6-8-22(19)29-23/h5-13,20-21,24,29H,14-16H2,1-4H3,(H,30,33)/t20-,21-,24+/m0/s1. The summed E-state index contributed by atoms with van der Waals surface area (Å²) in [6.07, 6.45) is 0.774. The highest BCUT2D eigenvalue weighted by Gasteiger charge is 2.49. The van der Waals surface area contributed by atoms with Crippen LogP contribution >= 0.6 is 0 Å². The van der Waals surface area contributed by atoms with Gasteiger partial charge in [-0.05, 0) is 43.0 Å². The summed E-state index contributed by atoms with van der Waals surface area (Å²) in [6, 6.07) is 16.4. The van der Waals surface area contributed by atoms with Gasteiger partial charge in [-0.25, -0.2) is 0 Å². The molecule has 0 spiro atoms. The molecule has 3 amide bonds. The topological polar surface area (TPSA) is 85.5 Å². The van der Waals surface area contributed by atoms with E-state index >= 15 is 0 Å². The molecular formula is C28H32N4O3. The van der Waals surface area contributed by atoms with Crippen molar-refractivity contribution in [1.29, 1.82) is 0 Å². The summed E-state index contributed by atoms with van der Waals surface area (Å²) in [5, 5.41) is 3.94. The Morgan fingerprint density at radius 3 is 2.26 bits per heavy atom. The smallest absolute Gasteiger partial charge is 0.268 e. The average Bonchev–Trinajstić information content (AvgIpc) is 3.55. The SMILES string of the molecule is Cc1ccc(C(=O)N2C[C@@H]3C[C@H]2CN3C(=O)[C@@H](NC(=O)c2cc3ccccc3[nH]2)C(C)(C)C)cc1. The van der Waals surface area contributed by atoms with Gasteiger partial charge in [0.15, 0.2) is 0 Å². The molecule has 2 bridgehead atoms. The lowest BCUT2D eigenvalue weighted by atomic mass is 9.85. The number of H-pyrrole nitrogens is 1. The van der Waals surface area contributed by atoms with Gasteiger partial charge >= 0.3 is 0 Å². The number of aromatic amines is 1. The first-order valence-electron chi connectivity index (χ1n) is 12.2. The van der Waals surface area contributed by atoms with E-state index in [4.69, 9.17) is 0 Å². The average molecular weight is 473 g/mol. The highest BCUT2D eigenvalue weighted by atomic mass is 16.2. The van der Waals surface area contributed by atoms with Crippen LogP contribution in [0.3, 0.4) is 0 Å². The summed E-state index contributed by atoms with van der Waals surface area (Å²) < 4.78 is 0. The van der Waals surface area contributed by atoms with Crippen molar-refractivity contribution in [2.45, 2.75) is 52.2 Å². The fourth-order valence-corrected chi connectivity index (χ4v) is 5.27. The summed E-state index contributed by atoms with van der Waals surface area (Å²) in [6.45, 7) is 8.90. The third kappa shape index (κ3) is 4.31. The van der Waals surface area contributed by atoms with Crippen LogP contribution in [0, 0.1) is 12.3 Å². The van der Waals surface area contributed by atoms with Crippen LogP contribution in [0.2, 0.25) is 0 Å². The molecule has 0 saturated carbocycles. The fourth-order valence-electron chi connectivity index (χ4n) is 5.27. The first kappa shape index (κ1) is 23.1. The molecule has 7 heteroatoms. The predicted octanol–water partition coefficient (Wildman–Crippen LogP) is 3.75. The Hall–Kier alpha value is -3.61. The second-order valence-corrected chi connectivity index (χ2v) is 10.9. The molecule has 2 fully saturated rings. The van der Waals surface area contributed by atoms with Gasteiger partial charge in [0.25, 0.3) is 11.8 Å². The van der Waals surface area contributed by atoms with E-state index in [0.29, 0.717) is 24.3 Å². The monoisotopic (exact) mass is 472 g/mol. The molecule has 182 valence electrons. The minimum atomic E-state index is -0.679. The number of likely N-dealkylation sites (tertiary alicyclic amines) is 2. The second-order valence-electron chi connectivity index (χ2n) is 10.9. The van der Waals surface area contributed by atoms with Gasteiger partial charge in [-0.2, -0.15) is 0 Å². The van der Waals surface area contributed by atoms with Gasteiger partial charge in [0, 0.05) is 29.6 Å². The number of benzene rings is 2. The number of amides is 3. The number of aryl methyl sites for hydroxylation is 1. The Bertz CT molecular complexity index is 1250. The number of hydrogen-bond donors (Lipinski definition) is 2. The van der Waals surface area contributed by atoms with Gasteiger partial charge in [-0.1, -0.05) is 56.7 Å². The largest absolute Gasteiger partial charge is 0.351 e. The van der Waals surface area contributed by atoms with Crippen LogP contribution in [0.1, 0.15) is 53.6 Å². The molecule has 2 saturated heterocycles. The Morgan fingerprint density at radius 2 is 1.63 bits per heavy atom. The van der Waals surface area contributed by atoms with Gasteiger partial charge in [-0.15, -0.1) is 0 Å². The van der Waals surface area contributed by atoms with E-state index < -0.39 is 11.5 Å². The zero-order chi connectivity index (χ0) is 24.9. The lowest BCUT2D eigenvalue weighted by Gasteiger charge is -2.39.